The number of cyclic esters (lactones) is 2. The third-order valence-electron chi connectivity index (χ3n) is 5.30. The van der Waals surface area contributed by atoms with Gasteiger partial charge in [0.25, 0.3) is 0 Å². The molecule has 1 aromatic carbocycles. The Kier molecular flexibility index (Phi) is 4.30. The normalized spacial score (nSPS) is 33.2. The van der Waals surface area contributed by atoms with E-state index in [4.69, 9.17) is 4.74 Å². The number of hydrogen-bond acceptors (Lipinski definition) is 4. The van der Waals surface area contributed by atoms with E-state index in [1.54, 1.807) is 0 Å². The first kappa shape index (κ1) is 16.2. The molecule has 0 N–H and O–H groups in total. The molecule has 1 aromatic rings. The van der Waals surface area contributed by atoms with E-state index in [9.17, 15) is 9.59 Å². The number of carbonyl (C=O) groups excluding carboxylic acids is 2. The third-order valence-corrected chi connectivity index (χ3v) is 5.30. The first-order chi connectivity index (χ1) is 10.6. The standard InChI is InChI=1S/C18H19NO3.ClH/c1-19-8-7-12-9-13(11-5-3-2-4-6-11)15-16(14(12)10-19)18(21)22-17(15)20;/h2-6,9,13-16H,7-8,10H2,1H3;1H. The first-order valence-electron chi connectivity index (χ1n) is 7.85. The van der Waals surface area contributed by atoms with E-state index < -0.39 is 0 Å². The number of hydrogen-bond donors (Lipinski definition) is 0. The zero-order valence-corrected chi connectivity index (χ0v) is 13.8. The van der Waals surface area contributed by atoms with Gasteiger partial charge in [-0.25, -0.2) is 0 Å². The number of piperidine rings is 1. The summed E-state index contributed by atoms with van der Waals surface area (Å²) < 4.78 is 5.01. The molecular formula is C18H20ClNO3. The SMILES string of the molecule is CN1CCC2=CC(c3ccccc3)C3C(=O)OC(=O)C3C2C1.Cl. The molecule has 4 rings (SSSR count). The second-order valence-corrected chi connectivity index (χ2v) is 6.59. The van der Waals surface area contributed by atoms with Crippen LogP contribution in [0.25, 0.3) is 0 Å². The fourth-order valence-electron chi connectivity index (χ4n) is 4.23. The van der Waals surface area contributed by atoms with E-state index in [0.717, 1.165) is 25.1 Å². The van der Waals surface area contributed by atoms with Gasteiger partial charge < -0.3 is 9.64 Å². The second-order valence-electron chi connectivity index (χ2n) is 6.59. The number of allylic oxidation sites excluding steroid dienone is 1. The molecule has 0 radical (unpaired) electrons. The smallest absolute Gasteiger partial charge is 0.318 e. The van der Waals surface area contributed by atoms with Crippen molar-refractivity contribution in [2.24, 2.45) is 17.8 Å². The number of fused-ring (bicyclic) bond motifs is 3. The van der Waals surface area contributed by atoms with Crippen LogP contribution in [-0.2, 0) is 14.3 Å². The van der Waals surface area contributed by atoms with Gasteiger partial charge in [0.2, 0.25) is 0 Å². The zero-order valence-electron chi connectivity index (χ0n) is 13.0. The largest absolute Gasteiger partial charge is 0.393 e. The summed E-state index contributed by atoms with van der Waals surface area (Å²) in [5, 5.41) is 0. The molecular weight excluding hydrogens is 314 g/mol. The van der Waals surface area contributed by atoms with Crippen molar-refractivity contribution in [1.82, 2.24) is 4.90 Å². The lowest BCUT2D eigenvalue weighted by Gasteiger charge is -2.41. The number of esters is 2. The van der Waals surface area contributed by atoms with Crippen LogP contribution >= 0.6 is 12.4 Å². The van der Waals surface area contributed by atoms with Gasteiger partial charge in [0.05, 0.1) is 11.8 Å². The highest BCUT2D eigenvalue weighted by molar-refractivity contribution is 5.98. The van der Waals surface area contributed by atoms with Crippen LogP contribution in [0.3, 0.4) is 0 Å². The van der Waals surface area contributed by atoms with E-state index in [1.165, 1.54) is 5.57 Å². The van der Waals surface area contributed by atoms with E-state index >= 15 is 0 Å². The maximum atomic E-state index is 12.3. The van der Waals surface area contributed by atoms with Crippen molar-refractivity contribution in [2.45, 2.75) is 12.3 Å². The molecule has 2 heterocycles. The first-order valence-corrected chi connectivity index (χ1v) is 7.85. The summed E-state index contributed by atoms with van der Waals surface area (Å²) in [6, 6.07) is 9.99. The van der Waals surface area contributed by atoms with Gasteiger partial charge in [0.15, 0.2) is 0 Å². The molecule has 0 bridgehead atoms. The summed E-state index contributed by atoms with van der Waals surface area (Å²) in [4.78, 5) is 26.8. The van der Waals surface area contributed by atoms with Gasteiger partial charge in [-0.1, -0.05) is 42.0 Å². The number of likely N-dealkylation sites (tertiary alicyclic amines) is 1. The third kappa shape index (κ3) is 2.60. The van der Waals surface area contributed by atoms with Crippen molar-refractivity contribution >= 4 is 24.3 Å². The van der Waals surface area contributed by atoms with Gasteiger partial charge in [-0.05, 0) is 19.0 Å². The Labute approximate surface area is 141 Å². The van der Waals surface area contributed by atoms with Crippen molar-refractivity contribution < 1.29 is 14.3 Å². The fourth-order valence-corrected chi connectivity index (χ4v) is 4.23. The molecule has 0 spiro atoms. The predicted octanol–water partition coefficient (Wildman–Crippen LogP) is 2.40. The summed E-state index contributed by atoms with van der Waals surface area (Å²) in [5.74, 6) is -1.28. The van der Waals surface area contributed by atoms with Gasteiger partial charge in [-0.15, -0.1) is 12.4 Å². The van der Waals surface area contributed by atoms with Gasteiger partial charge in [-0.2, -0.15) is 0 Å². The molecule has 23 heavy (non-hydrogen) atoms. The molecule has 1 aliphatic carbocycles. The molecule has 4 unspecified atom stereocenters. The fraction of sp³-hybridized carbons (Fsp3) is 0.444. The molecule has 2 fully saturated rings. The van der Waals surface area contributed by atoms with Gasteiger partial charge >= 0.3 is 11.9 Å². The number of ether oxygens (including phenoxy) is 1. The van der Waals surface area contributed by atoms with Crippen LogP contribution in [-0.4, -0.2) is 37.0 Å². The Hall–Kier alpha value is -1.65. The van der Waals surface area contributed by atoms with E-state index in [2.05, 4.69) is 18.0 Å². The Morgan fingerprint density at radius 1 is 1.09 bits per heavy atom. The number of rotatable bonds is 1. The Morgan fingerprint density at radius 2 is 1.78 bits per heavy atom. The van der Waals surface area contributed by atoms with Crippen molar-refractivity contribution in [3.63, 3.8) is 0 Å². The highest BCUT2D eigenvalue weighted by Crippen LogP contribution is 2.49. The number of nitrogens with zero attached hydrogens (tertiary/aromatic N) is 1. The summed E-state index contributed by atoms with van der Waals surface area (Å²) in [7, 11) is 2.07. The van der Waals surface area contributed by atoms with E-state index in [1.807, 2.05) is 30.3 Å². The van der Waals surface area contributed by atoms with Gasteiger partial charge in [0.1, 0.15) is 0 Å². The lowest BCUT2D eigenvalue weighted by Crippen LogP contribution is -2.44. The minimum Gasteiger partial charge on any atom is -0.393 e. The van der Waals surface area contributed by atoms with E-state index in [0.29, 0.717) is 0 Å². The van der Waals surface area contributed by atoms with Crippen molar-refractivity contribution in [1.29, 1.82) is 0 Å². The highest BCUT2D eigenvalue weighted by atomic mass is 35.5. The monoisotopic (exact) mass is 333 g/mol. The van der Waals surface area contributed by atoms with E-state index in [-0.39, 0.29) is 48.0 Å². The number of carbonyl (C=O) groups is 2. The van der Waals surface area contributed by atoms with Crippen molar-refractivity contribution in [3.05, 3.63) is 47.5 Å². The molecule has 2 aliphatic heterocycles. The van der Waals surface area contributed by atoms with Crippen LogP contribution in [0.5, 0.6) is 0 Å². The average Bonchev–Trinajstić information content (AvgIpc) is 2.83. The molecule has 4 atom stereocenters. The molecule has 0 amide bonds. The van der Waals surface area contributed by atoms with Crippen molar-refractivity contribution in [3.8, 4) is 0 Å². The summed E-state index contributed by atoms with van der Waals surface area (Å²) in [6.07, 6.45) is 3.20. The Morgan fingerprint density at radius 3 is 2.52 bits per heavy atom. The van der Waals surface area contributed by atoms with Crippen LogP contribution in [0.2, 0.25) is 0 Å². The maximum absolute atomic E-state index is 12.3. The molecule has 4 nitrogen and oxygen atoms in total. The molecule has 3 aliphatic rings. The van der Waals surface area contributed by atoms with Gasteiger partial charge in [-0.3, -0.25) is 9.59 Å². The van der Waals surface area contributed by atoms with Crippen LogP contribution in [0, 0.1) is 17.8 Å². The molecule has 0 saturated carbocycles. The molecule has 2 saturated heterocycles. The molecule has 5 heteroatoms. The van der Waals surface area contributed by atoms with Crippen LogP contribution in [0.1, 0.15) is 17.9 Å². The lowest BCUT2D eigenvalue weighted by molar-refractivity contribution is -0.154. The van der Waals surface area contributed by atoms with Gasteiger partial charge in [0, 0.05) is 24.9 Å². The number of halogens is 1. The summed E-state index contributed by atoms with van der Waals surface area (Å²) in [6.45, 7) is 1.83. The topological polar surface area (TPSA) is 46.6 Å². The van der Waals surface area contributed by atoms with Crippen LogP contribution in [0.15, 0.2) is 42.0 Å². The summed E-state index contributed by atoms with van der Waals surface area (Å²) in [5.41, 5.74) is 2.41. The average molecular weight is 334 g/mol. The minimum absolute atomic E-state index is 0. The van der Waals surface area contributed by atoms with Crippen molar-refractivity contribution in [2.75, 3.05) is 20.1 Å². The van der Waals surface area contributed by atoms with Crippen LogP contribution in [0.4, 0.5) is 0 Å². The van der Waals surface area contributed by atoms with Crippen LogP contribution < -0.4 is 0 Å². The lowest BCUT2D eigenvalue weighted by atomic mass is 9.65. The quantitative estimate of drug-likeness (QED) is 0.450. The minimum atomic E-state index is -0.366. The number of benzene rings is 1. The molecule has 0 aromatic heterocycles. The highest BCUT2D eigenvalue weighted by Gasteiger charge is 2.55. The predicted molar refractivity (Wildman–Crippen MR) is 88.2 cm³/mol. The molecule has 122 valence electrons. The Balaban J connectivity index is 0.00000156. The Bertz CT molecular complexity index is 657. The zero-order chi connectivity index (χ0) is 15.3. The maximum Gasteiger partial charge on any atom is 0.318 e. The second kappa shape index (κ2) is 6.10. The summed E-state index contributed by atoms with van der Waals surface area (Å²) >= 11 is 0.